The standard InChI is InChI=1S/C12H15N3OS/c1-3-15(4-2)10-7-5-9(6-8-10)11-13-14-12(17)16-11/h5-8,11H,3-4H2,1-2H3. The minimum absolute atomic E-state index is 0.211. The van der Waals surface area contributed by atoms with Crippen LogP contribution in [0.5, 0.6) is 0 Å². The quantitative estimate of drug-likeness (QED) is 0.768. The van der Waals surface area contributed by atoms with Crippen LogP contribution in [-0.2, 0) is 4.74 Å². The molecule has 1 aliphatic rings. The first kappa shape index (κ1) is 12.0. The smallest absolute Gasteiger partial charge is 0.304 e. The molecule has 1 atom stereocenters. The van der Waals surface area contributed by atoms with Gasteiger partial charge in [0.25, 0.3) is 0 Å². The number of rotatable bonds is 4. The van der Waals surface area contributed by atoms with Crippen molar-refractivity contribution in [2.45, 2.75) is 20.1 Å². The summed E-state index contributed by atoms with van der Waals surface area (Å²) < 4.78 is 5.28. The fourth-order valence-electron chi connectivity index (χ4n) is 1.82. The van der Waals surface area contributed by atoms with E-state index in [9.17, 15) is 0 Å². The van der Waals surface area contributed by atoms with Crippen LogP contribution in [0.15, 0.2) is 34.5 Å². The lowest BCUT2D eigenvalue weighted by molar-refractivity contribution is 0.227. The normalized spacial score (nSPS) is 18.2. The third-order valence-corrected chi connectivity index (χ3v) is 2.94. The van der Waals surface area contributed by atoms with Crippen molar-refractivity contribution in [1.82, 2.24) is 0 Å². The molecule has 17 heavy (non-hydrogen) atoms. The molecule has 1 aliphatic heterocycles. The van der Waals surface area contributed by atoms with E-state index in [1.807, 2.05) is 12.1 Å². The second-order valence-corrected chi connectivity index (χ2v) is 4.06. The number of thiocarbonyl (C=S) groups is 1. The van der Waals surface area contributed by atoms with E-state index in [0.717, 1.165) is 18.7 Å². The Hall–Kier alpha value is -1.49. The molecule has 1 heterocycles. The van der Waals surface area contributed by atoms with Crippen molar-refractivity contribution in [1.29, 1.82) is 0 Å². The molecule has 0 N–H and O–H groups in total. The average molecular weight is 249 g/mol. The lowest BCUT2D eigenvalue weighted by atomic mass is 10.1. The van der Waals surface area contributed by atoms with E-state index in [0.29, 0.717) is 0 Å². The average Bonchev–Trinajstić information content (AvgIpc) is 2.78. The Labute approximate surface area is 106 Å². The van der Waals surface area contributed by atoms with Gasteiger partial charge in [0.15, 0.2) is 0 Å². The Morgan fingerprint density at radius 1 is 1.24 bits per heavy atom. The molecule has 0 bridgehead atoms. The van der Waals surface area contributed by atoms with Crippen molar-refractivity contribution < 1.29 is 4.74 Å². The highest BCUT2D eigenvalue weighted by Crippen LogP contribution is 2.26. The third kappa shape index (κ3) is 2.61. The van der Waals surface area contributed by atoms with E-state index >= 15 is 0 Å². The molecule has 0 radical (unpaired) electrons. The van der Waals surface area contributed by atoms with Crippen molar-refractivity contribution in [3.63, 3.8) is 0 Å². The number of benzene rings is 1. The highest BCUT2D eigenvalue weighted by Gasteiger charge is 2.19. The molecular formula is C12H15N3OS. The molecule has 1 unspecified atom stereocenters. The van der Waals surface area contributed by atoms with Gasteiger partial charge in [0.1, 0.15) is 0 Å². The van der Waals surface area contributed by atoms with Gasteiger partial charge in [-0.3, -0.25) is 0 Å². The lowest BCUT2D eigenvalue weighted by Gasteiger charge is -2.21. The van der Waals surface area contributed by atoms with Gasteiger partial charge >= 0.3 is 5.17 Å². The summed E-state index contributed by atoms with van der Waals surface area (Å²) in [6.07, 6.45) is -0.367. The maximum Gasteiger partial charge on any atom is 0.304 e. The lowest BCUT2D eigenvalue weighted by Crippen LogP contribution is -2.21. The molecule has 0 aliphatic carbocycles. The van der Waals surface area contributed by atoms with Crippen LogP contribution >= 0.6 is 12.2 Å². The van der Waals surface area contributed by atoms with Crippen LogP contribution in [0.3, 0.4) is 0 Å². The Morgan fingerprint density at radius 3 is 2.35 bits per heavy atom. The molecule has 1 aromatic rings. The van der Waals surface area contributed by atoms with Gasteiger partial charge in [-0.05, 0) is 38.2 Å². The molecule has 90 valence electrons. The molecule has 0 saturated heterocycles. The zero-order chi connectivity index (χ0) is 12.3. The summed E-state index contributed by atoms with van der Waals surface area (Å²) >= 11 is 4.81. The largest absolute Gasteiger partial charge is 0.436 e. The fourth-order valence-corrected chi connectivity index (χ4v) is 1.95. The van der Waals surface area contributed by atoms with Crippen LogP contribution in [0.2, 0.25) is 0 Å². The summed E-state index contributed by atoms with van der Waals surface area (Å²) in [4.78, 5) is 2.28. The Balaban J connectivity index is 2.13. The summed E-state index contributed by atoms with van der Waals surface area (Å²) in [6, 6.07) is 8.15. The number of anilines is 1. The summed E-state index contributed by atoms with van der Waals surface area (Å²) in [7, 11) is 0. The zero-order valence-electron chi connectivity index (χ0n) is 9.96. The maximum atomic E-state index is 5.28. The van der Waals surface area contributed by atoms with E-state index in [1.165, 1.54) is 5.69 Å². The number of nitrogens with zero attached hydrogens (tertiary/aromatic N) is 3. The summed E-state index contributed by atoms with van der Waals surface area (Å²) in [6.45, 7) is 6.29. The van der Waals surface area contributed by atoms with Gasteiger partial charge < -0.3 is 9.64 Å². The van der Waals surface area contributed by atoms with E-state index in [2.05, 4.69) is 41.1 Å². The van der Waals surface area contributed by atoms with E-state index in [1.54, 1.807) is 0 Å². The second kappa shape index (κ2) is 5.23. The summed E-state index contributed by atoms with van der Waals surface area (Å²) in [5, 5.41) is 7.87. The Morgan fingerprint density at radius 2 is 1.88 bits per heavy atom. The fraction of sp³-hybridized carbons (Fsp3) is 0.417. The van der Waals surface area contributed by atoms with Gasteiger partial charge in [0.05, 0.1) is 0 Å². The second-order valence-electron chi connectivity index (χ2n) is 3.72. The van der Waals surface area contributed by atoms with Crippen LogP contribution in [0.25, 0.3) is 0 Å². The molecule has 0 amide bonds. The zero-order valence-corrected chi connectivity index (χ0v) is 10.8. The molecule has 0 aromatic heterocycles. The third-order valence-electron chi connectivity index (χ3n) is 2.76. The first-order chi connectivity index (χ1) is 8.24. The van der Waals surface area contributed by atoms with Crippen molar-refractivity contribution in [3.05, 3.63) is 29.8 Å². The number of hydrogen-bond donors (Lipinski definition) is 0. The SMILES string of the molecule is CCN(CC)c1ccc(C2N=NC(=S)O2)cc1. The van der Waals surface area contributed by atoms with Gasteiger partial charge in [0, 0.05) is 24.3 Å². The number of azo groups is 1. The minimum atomic E-state index is -0.367. The molecular weight excluding hydrogens is 234 g/mol. The number of hydrogen-bond acceptors (Lipinski definition) is 4. The van der Waals surface area contributed by atoms with Gasteiger partial charge in [-0.25, -0.2) is 0 Å². The minimum Gasteiger partial charge on any atom is -0.436 e. The first-order valence-corrected chi connectivity index (χ1v) is 6.11. The predicted molar refractivity (Wildman–Crippen MR) is 71.3 cm³/mol. The van der Waals surface area contributed by atoms with Crippen LogP contribution < -0.4 is 4.90 Å². The van der Waals surface area contributed by atoms with Crippen molar-refractivity contribution in [2.24, 2.45) is 10.2 Å². The van der Waals surface area contributed by atoms with Crippen LogP contribution in [0.1, 0.15) is 25.6 Å². The predicted octanol–water partition coefficient (Wildman–Crippen LogP) is 3.30. The summed E-state index contributed by atoms with van der Waals surface area (Å²) in [5.74, 6) is 0. The molecule has 2 rings (SSSR count). The summed E-state index contributed by atoms with van der Waals surface area (Å²) in [5.41, 5.74) is 2.18. The highest BCUT2D eigenvalue weighted by molar-refractivity contribution is 7.80. The van der Waals surface area contributed by atoms with Crippen molar-refractivity contribution in [3.8, 4) is 0 Å². The van der Waals surface area contributed by atoms with E-state index in [-0.39, 0.29) is 11.4 Å². The highest BCUT2D eigenvalue weighted by atomic mass is 32.1. The molecule has 0 spiro atoms. The van der Waals surface area contributed by atoms with Gasteiger partial charge in [-0.15, -0.1) is 10.2 Å². The van der Waals surface area contributed by atoms with Crippen molar-refractivity contribution >= 4 is 23.1 Å². The monoisotopic (exact) mass is 249 g/mol. The van der Waals surface area contributed by atoms with Gasteiger partial charge in [-0.1, -0.05) is 12.1 Å². The molecule has 4 nitrogen and oxygen atoms in total. The maximum absolute atomic E-state index is 5.28. The van der Waals surface area contributed by atoms with E-state index in [4.69, 9.17) is 17.0 Å². The molecule has 0 saturated carbocycles. The topological polar surface area (TPSA) is 37.2 Å². The Kier molecular flexibility index (Phi) is 3.68. The number of ether oxygens (including phenoxy) is 1. The van der Waals surface area contributed by atoms with Crippen molar-refractivity contribution in [2.75, 3.05) is 18.0 Å². The Bertz CT molecular complexity index is 426. The van der Waals surface area contributed by atoms with Gasteiger partial charge in [0.2, 0.25) is 6.23 Å². The molecule has 5 heteroatoms. The van der Waals surface area contributed by atoms with Crippen LogP contribution in [-0.4, -0.2) is 18.3 Å². The van der Waals surface area contributed by atoms with Crippen LogP contribution in [0.4, 0.5) is 5.69 Å². The first-order valence-electron chi connectivity index (χ1n) is 5.71. The van der Waals surface area contributed by atoms with Crippen LogP contribution in [0, 0.1) is 0 Å². The van der Waals surface area contributed by atoms with E-state index < -0.39 is 0 Å². The molecule has 1 aromatic carbocycles. The molecule has 0 fully saturated rings. The van der Waals surface area contributed by atoms with Gasteiger partial charge in [-0.2, -0.15) is 0 Å².